The van der Waals surface area contributed by atoms with Gasteiger partial charge in [-0.1, -0.05) is 54.9 Å². The summed E-state index contributed by atoms with van der Waals surface area (Å²) in [6.07, 6.45) is 5.46. The summed E-state index contributed by atoms with van der Waals surface area (Å²) in [6.45, 7) is 15.4. The summed E-state index contributed by atoms with van der Waals surface area (Å²) < 4.78 is 6.21. The SMILES string of the molecule is CC1CC(C)C(C(CC(C)(C)C)OC(=O)C2CCCC(C)C2C(=O)O)C(C)C1. The minimum absolute atomic E-state index is 0.0262. The molecule has 2 aliphatic rings. The standard InChI is InChI=1S/C24H42O4/c1-14-11-16(3)20(17(4)12-14)19(13-24(5,6)7)28-23(27)18-10-8-9-15(2)21(18)22(25)26/h14-21H,8-13H2,1-7H3,(H,25,26). The Hall–Kier alpha value is -1.06. The highest BCUT2D eigenvalue weighted by Crippen LogP contribution is 2.44. The minimum Gasteiger partial charge on any atom is -0.481 e. The van der Waals surface area contributed by atoms with Crippen LogP contribution in [0.15, 0.2) is 0 Å². The molecule has 0 amide bonds. The van der Waals surface area contributed by atoms with Gasteiger partial charge in [-0.2, -0.15) is 0 Å². The second kappa shape index (κ2) is 9.17. The van der Waals surface area contributed by atoms with Gasteiger partial charge in [0.2, 0.25) is 0 Å². The van der Waals surface area contributed by atoms with Crippen LogP contribution < -0.4 is 0 Å². The quantitative estimate of drug-likeness (QED) is 0.599. The lowest BCUT2D eigenvalue weighted by molar-refractivity contribution is -0.172. The van der Waals surface area contributed by atoms with E-state index >= 15 is 0 Å². The Morgan fingerprint density at radius 3 is 2.07 bits per heavy atom. The fraction of sp³-hybridized carbons (Fsp3) is 0.917. The second-order valence-electron chi connectivity index (χ2n) is 11.2. The number of carbonyl (C=O) groups excluding carboxylic acids is 1. The van der Waals surface area contributed by atoms with Gasteiger partial charge in [0.15, 0.2) is 0 Å². The summed E-state index contributed by atoms with van der Waals surface area (Å²) in [5.74, 6) is -0.126. The van der Waals surface area contributed by atoms with E-state index < -0.39 is 17.8 Å². The van der Waals surface area contributed by atoms with Crippen molar-refractivity contribution < 1.29 is 19.4 Å². The lowest BCUT2D eigenvalue weighted by atomic mass is 9.65. The molecular formula is C24H42O4. The fourth-order valence-corrected chi connectivity index (χ4v) is 6.17. The summed E-state index contributed by atoms with van der Waals surface area (Å²) >= 11 is 0. The van der Waals surface area contributed by atoms with Gasteiger partial charge in [-0.15, -0.1) is 0 Å². The number of hydrogen-bond acceptors (Lipinski definition) is 3. The lowest BCUT2D eigenvalue weighted by Crippen LogP contribution is -2.45. The van der Waals surface area contributed by atoms with Gasteiger partial charge in [-0.05, 0) is 61.2 Å². The van der Waals surface area contributed by atoms with E-state index in [9.17, 15) is 14.7 Å². The van der Waals surface area contributed by atoms with Gasteiger partial charge in [0.1, 0.15) is 6.10 Å². The number of ether oxygens (including phenoxy) is 1. The van der Waals surface area contributed by atoms with Crippen molar-refractivity contribution in [2.45, 2.75) is 93.1 Å². The maximum absolute atomic E-state index is 13.2. The summed E-state index contributed by atoms with van der Waals surface area (Å²) in [5.41, 5.74) is 0.0551. The zero-order valence-electron chi connectivity index (χ0n) is 19.0. The highest BCUT2D eigenvalue weighted by atomic mass is 16.5. The summed E-state index contributed by atoms with van der Waals surface area (Å²) in [4.78, 5) is 25.0. The van der Waals surface area contributed by atoms with Crippen molar-refractivity contribution in [3.8, 4) is 0 Å². The van der Waals surface area contributed by atoms with Crippen molar-refractivity contribution in [1.29, 1.82) is 0 Å². The van der Waals surface area contributed by atoms with E-state index in [4.69, 9.17) is 4.74 Å². The third-order valence-electron chi connectivity index (χ3n) is 7.18. The molecule has 162 valence electrons. The molecule has 0 heterocycles. The molecule has 0 saturated heterocycles. The third kappa shape index (κ3) is 5.73. The Morgan fingerprint density at radius 1 is 1.00 bits per heavy atom. The molecule has 2 fully saturated rings. The van der Waals surface area contributed by atoms with Crippen LogP contribution in [0.25, 0.3) is 0 Å². The average molecular weight is 395 g/mol. The van der Waals surface area contributed by atoms with E-state index in [1.807, 2.05) is 6.92 Å². The zero-order valence-corrected chi connectivity index (χ0v) is 19.0. The molecule has 0 aromatic carbocycles. The highest BCUT2D eigenvalue weighted by molar-refractivity contribution is 5.81. The molecular weight excluding hydrogens is 352 g/mol. The predicted molar refractivity (Wildman–Crippen MR) is 112 cm³/mol. The molecule has 0 aromatic rings. The van der Waals surface area contributed by atoms with Crippen molar-refractivity contribution in [3.63, 3.8) is 0 Å². The topological polar surface area (TPSA) is 63.6 Å². The van der Waals surface area contributed by atoms with E-state index in [2.05, 4.69) is 41.5 Å². The van der Waals surface area contributed by atoms with E-state index in [0.29, 0.717) is 30.1 Å². The van der Waals surface area contributed by atoms with Crippen molar-refractivity contribution in [1.82, 2.24) is 0 Å². The fourth-order valence-electron chi connectivity index (χ4n) is 6.17. The summed E-state index contributed by atoms with van der Waals surface area (Å²) in [5, 5.41) is 9.70. The largest absolute Gasteiger partial charge is 0.481 e. The Labute approximate surface area is 171 Å². The molecule has 0 aromatic heterocycles. The molecule has 0 radical (unpaired) electrons. The molecule has 6 atom stereocenters. The predicted octanol–water partition coefficient (Wildman–Crippen LogP) is 5.79. The molecule has 1 N–H and O–H groups in total. The van der Waals surface area contributed by atoms with E-state index in [-0.39, 0.29) is 23.4 Å². The molecule has 2 rings (SSSR count). The Kier molecular flexibility index (Phi) is 7.61. The van der Waals surface area contributed by atoms with Gasteiger partial charge in [-0.25, -0.2) is 0 Å². The van der Waals surface area contributed by atoms with Crippen LogP contribution in [0.4, 0.5) is 0 Å². The van der Waals surface area contributed by atoms with Crippen LogP contribution in [0.1, 0.15) is 87.0 Å². The molecule has 0 spiro atoms. The first-order valence-electron chi connectivity index (χ1n) is 11.3. The van der Waals surface area contributed by atoms with Gasteiger partial charge < -0.3 is 9.84 Å². The van der Waals surface area contributed by atoms with Gasteiger partial charge in [0, 0.05) is 5.92 Å². The number of esters is 1. The summed E-state index contributed by atoms with van der Waals surface area (Å²) in [6, 6.07) is 0. The molecule has 6 unspecified atom stereocenters. The van der Waals surface area contributed by atoms with Crippen LogP contribution in [-0.2, 0) is 14.3 Å². The van der Waals surface area contributed by atoms with E-state index in [1.165, 1.54) is 12.8 Å². The van der Waals surface area contributed by atoms with Crippen LogP contribution in [0.3, 0.4) is 0 Å². The van der Waals surface area contributed by atoms with Crippen LogP contribution in [0, 0.1) is 46.8 Å². The van der Waals surface area contributed by atoms with Crippen LogP contribution >= 0.6 is 0 Å². The van der Waals surface area contributed by atoms with Crippen LogP contribution in [-0.4, -0.2) is 23.1 Å². The smallest absolute Gasteiger partial charge is 0.310 e. The monoisotopic (exact) mass is 394 g/mol. The highest BCUT2D eigenvalue weighted by Gasteiger charge is 2.44. The van der Waals surface area contributed by atoms with Crippen LogP contribution in [0.2, 0.25) is 0 Å². The average Bonchev–Trinajstić information content (AvgIpc) is 2.51. The van der Waals surface area contributed by atoms with Crippen molar-refractivity contribution in [3.05, 3.63) is 0 Å². The minimum atomic E-state index is -0.852. The van der Waals surface area contributed by atoms with Crippen LogP contribution in [0.5, 0.6) is 0 Å². The van der Waals surface area contributed by atoms with Gasteiger partial charge in [0.25, 0.3) is 0 Å². The molecule has 2 saturated carbocycles. The summed E-state index contributed by atoms with van der Waals surface area (Å²) in [7, 11) is 0. The van der Waals surface area contributed by atoms with Crippen molar-refractivity contribution in [2.24, 2.45) is 46.8 Å². The normalized spacial score (nSPS) is 37.9. The first kappa shape index (κ1) is 23.2. The van der Waals surface area contributed by atoms with Crippen molar-refractivity contribution in [2.75, 3.05) is 0 Å². The van der Waals surface area contributed by atoms with Gasteiger partial charge in [0.05, 0.1) is 11.8 Å². The number of carboxylic acids is 1. The number of hydrogen-bond donors (Lipinski definition) is 1. The molecule has 4 nitrogen and oxygen atoms in total. The van der Waals surface area contributed by atoms with E-state index in [1.54, 1.807) is 0 Å². The first-order valence-corrected chi connectivity index (χ1v) is 11.3. The number of aliphatic carboxylic acids is 1. The molecule has 0 bridgehead atoms. The number of carbonyl (C=O) groups is 2. The van der Waals surface area contributed by atoms with E-state index in [0.717, 1.165) is 19.3 Å². The van der Waals surface area contributed by atoms with Gasteiger partial charge in [-0.3, -0.25) is 9.59 Å². The lowest BCUT2D eigenvalue weighted by Gasteiger charge is -2.44. The maximum Gasteiger partial charge on any atom is 0.310 e. The Morgan fingerprint density at radius 2 is 1.57 bits per heavy atom. The maximum atomic E-state index is 13.2. The Bertz CT molecular complexity index is 537. The Balaban J connectivity index is 2.22. The number of carboxylic acid groups (broad SMARTS) is 1. The molecule has 0 aliphatic heterocycles. The zero-order chi connectivity index (χ0) is 21.2. The molecule has 2 aliphatic carbocycles. The molecule has 28 heavy (non-hydrogen) atoms. The second-order valence-corrected chi connectivity index (χ2v) is 11.2. The molecule has 4 heteroatoms. The number of rotatable bonds is 5. The first-order chi connectivity index (χ1) is 12.9. The van der Waals surface area contributed by atoms with Crippen molar-refractivity contribution >= 4 is 11.9 Å². The third-order valence-corrected chi connectivity index (χ3v) is 7.18. The van der Waals surface area contributed by atoms with Gasteiger partial charge >= 0.3 is 11.9 Å².